The molecule has 19 heavy (non-hydrogen) atoms. The zero-order valence-corrected chi connectivity index (χ0v) is 11.1. The van der Waals surface area contributed by atoms with E-state index in [1.165, 1.54) is 12.5 Å². The number of hydrogen-bond acceptors (Lipinski definition) is 3. The molecule has 1 amide bonds. The quantitative estimate of drug-likeness (QED) is 0.886. The monoisotopic (exact) mass is 258 g/mol. The SMILES string of the molecule is CC(C)(CN)c1ccc(NC(=O)c2ccoc2)cc1. The minimum Gasteiger partial charge on any atom is -0.472 e. The van der Waals surface area contributed by atoms with Crippen LogP contribution < -0.4 is 11.1 Å². The van der Waals surface area contributed by atoms with Gasteiger partial charge in [0.25, 0.3) is 5.91 Å². The number of nitrogens with two attached hydrogens (primary N) is 1. The third-order valence-electron chi connectivity index (χ3n) is 3.22. The van der Waals surface area contributed by atoms with Crippen LogP contribution in [0.2, 0.25) is 0 Å². The Kier molecular flexibility index (Phi) is 3.71. The zero-order chi connectivity index (χ0) is 13.9. The van der Waals surface area contributed by atoms with Crippen LogP contribution in [0.1, 0.15) is 29.8 Å². The number of hydrogen-bond donors (Lipinski definition) is 2. The molecule has 0 saturated carbocycles. The first-order chi connectivity index (χ1) is 9.03. The molecule has 0 fully saturated rings. The Morgan fingerprint density at radius 2 is 1.95 bits per heavy atom. The van der Waals surface area contributed by atoms with Crippen LogP contribution in [-0.4, -0.2) is 12.5 Å². The number of benzene rings is 1. The molecule has 4 heteroatoms. The highest BCUT2D eigenvalue weighted by atomic mass is 16.3. The molecule has 1 aromatic heterocycles. The Hall–Kier alpha value is -2.07. The zero-order valence-electron chi connectivity index (χ0n) is 11.1. The summed E-state index contributed by atoms with van der Waals surface area (Å²) in [6.45, 7) is 4.76. The van der Waals surface area contributed by atoms with Gasteiger partial charge in [0.15, 0.2) is 0 Å². The Balaban J connectivity index is 2.09. The molecule has 0 spiro atoms. The predicted molar refractivity (Wildman–Crippen MR) is 75.2 cm³/mol. The number of nitrogens with one attached hydrogen (secondary N) is 1. The highest BCUT2D eigenvalue weighted by Crippen LogP contribution is 2.23. The molecule has 0 unspecified atom stereocenters. The van der Waals surface area contributed by atoms with E-state index in [9.17, 15) is 4.79 Å². The second-order valence-electron chi connectivity index (χ2n) is 5.13. The maximum absolute atomic E-state index is 11.8. The van der Waals surface area contributed by atoms with Gasteiger partial charge in [0, 0.05) is 17.6 Å². The Labute approximate surface area is 112 Å². The molecular formula is C15H18N2O2. The van der Waals surface area contributed by atoms with Crippen LogP contribution in [0.5, 0.6) is 0 Å². The normalized spacial score (nSPS) is 11.3. The second kappa shape index (κ2) is 5.28. The summed E-state index contributed by atoms with van der Waals surface area (Å²) < 4.78 is 4.88. The molecule has 0 aliphatic heterocycles. The maximum Gasteiger partial charge on any atom is 0.258 e. The van der Waals surface area contributed by atoms with Crippen LogP contribution in [0.25, 0.3) is 0 Å². The summed E-state index contributed by atoms with van der Waals surface area (Å²) in [6, 6.07) is 9.35. The van der Waals surface area contributed by atoms with Crippen molar-refractivity contribution in [3.05, 3.63) is 54.0 Å². The van der Waals surface area contributed by atoms with Gasteiger partial charge in [-0.15, -0.1) is 0 Å². The van der Waals surface area contributed by atoms with Gasteiger partial charge >= 0.3 is 0 Å². The van der Waals surface area contributed by atoms with E-state index >= 15 is 0 Å². The van der Waals surface area contributed by atoms with Gasteiger partial charge in [0.1, 0.15) is 6.26 Å². The fourth-order valence-corrected chi connectivity index (χ4v) is 1.72. The van der Waals surface area contributed by atoms with Gasteiger partial charge in [-0.05, 0) is 23.8 Å². The van der Waals surface area contributed by atoms with Crippen molar-refractivity contribution in [2.24, 2.45) is 5.73 Å². The number of rotatable bonds is 4. The van der Waals surface area contributed by atoms with Crippen LogP contribution in [0.4, 0.5) is 5.69 Å². The maximum atomic E-state index is 11.8. The average molecular weight is 258 g/mol. The van der Waals surface area contributed by atoms with Crippen LogP contribution in [0, 0.1) is 0 Å². The highest BCUT2D eigenvalue weighted by Gasteiger charge is 2.18. The van der Waals surface area contributed by atoms with E-state index in [4.69, 9.17) is 10.2 Å². The predicted octanol–water partition coefficient (Wildman–Crippen LogP) is 2.77. The summed E-state index contributed by atoms with van der Waals surface area (Å²) in [5.41, 5.74) is 8.09. The fraction of sp³-hybridized carbons (Fsp3) is 0.267. The van der Waals surface area contributed by atoms with Crippen molar-refractivity contribution in [2.75, 3.05) is 11.9 Å². The number of amides is 1. The summed E-state index contributed by atoms with van der Waals surface area (Å²) >= 11 is 0. The molecule has 0 aliphatic rings. The molecule has 3 N–H and O–H groups in total. The fourth-order valence-electron chi connectivity index (χ4n) is 1.72. The van der Waals surface area contributed by atoms with E-state index in [1.807, 2.05) is 24.3 Å². The van der Waals surface area contributed by atoms with Gasteiger partial charge in [0.2, 0.25) is 0 Å². The summed E-state index contributed by atoms with van der Waals surface area (Å²) in [5, 5.41) is 2.81. The number of carbonyl (C=O) groups is 1. The van der Waals surface area contributed by atoms with E-state index in [-0.39, 0.29) is 11.3 Å². The lowest BCUT2D eigenvalue weighted by molar-refractivity contribution is 0.102. The minimum atomic E-state index is -0.181. The Morgan fingerprint density at radius 1 is 1.26 bits per heavy atom. The molecule has 1 aromatic carbocycles. The Morgan fingerprint density at radius 3 is 2.47 bits per heavy atom. The first-order valence-corrected chi connectivity index (χ1v) is 6.17. The second-order valence-corrected chi connectivity index (χ2v) is 5.13. The van der Waals surface area contributed by atoms with E-state index in [0.717, 1.165) is 11.3 Å². The standard InChI is InChI=1S/C15H18N2O2/c1-15(2,10-16)12-3-5-13(6-4-12)17-14(18)11-7-8-19-9-11/h3-9H,10,16H2,1-2H3,(H,17,18). The van der Waals surface area contributed by atoms with Crippen molar-refractivity contribution in [3.63, 3.8) is 0 Å². The molecule has 2 aromatic rings. The number of anilines is 1. The molecule has 1 heterocycles. The first kappa shape index (κ1) is 13.4. The van der Waals surface area contributed by atoms with Gasteiger partial charge in [0.05, 0.1) is 11.8 Å². The van der Waals surface area contributed by atoms with E-state index in [2.05, 4.69) is 19.2 Å². The van der Waals surface area contributed by atoms with Crippen molar-refractivity contribution in [3.8, 4) is 0 Å². The number of carbonyl (C=O) groups excluding carboxylic acids is 1. The summed E-state index contributed by atoms with van der Waals surface area (Å²) in [5.74, 6) is -0.181. The minimum absolute atomic E-state index is 0.0624. The van der Waals surface area contributed by atoms with E-state index in [0.29, 0.717) is 12.1 Å². The average Bonchev–Trinajstić information content (AvgIpc) is 2.93. The molecule has 0 bridgehead atoms. The van der Waals surface area contributed by atoms with Crippen LogP contribution in [0.15, 0.2) is 47.3 Å². The van der Waals surface area contributed by atoms with Crippen LogP contribution in [0.3, 0.4) is 0 Å². The third-order valence-corrected chi connectivity index (χ3v) is 3.22. The summed E-state index contributed by atoms with van der Waals surface area (Å²) in [7, 11) is 0. The lowest BCUT2D eigenvalue weighted by atomic mass is 9.85. The van der Waals surface area contributed by atoms with Crippen molar-refractivity contribution in [1.29, 1.82) is 0 Å². The Bertz CT molecular complexity index is 542. The highest BCUT2D eigenvalue weighted by molar-refractivity contribution is 6.03. The van der Waals surface area contributed by atoms with E-state index in [1.54, 1.807) is 6.07 Å². The molecule has 100 valence electrons. The van der Waals surface area contributed by atoms with Crippen molar-refractivity contribution in [1.82, 2.24) is 0 Å². The van der Waals surface area contributed by atoms with Gasteiger partial charge in [-0.2, -0.15) is 0 Å². The van der Waals surface area contributed by atoms with Gasteiger partial charge in [-0.25, -0.2) is 0 Å². The van der Waals surface area contributed by atoms with Crippen molar-refractivity contribution >= 4 is 11.6 Å². The van der Waals surface area contributed by atoms with E-state index < -0.39 is 0 Å². The van der Waals surface area contributed by atoms with Gasteiger partial charge in [-0.3, -0.25) is 4.79 Å². The van der Waals surface area contributed by atoms with Crippen LogP contribution >= 0.6 is 0 Å². The van der Waals surface area contributed by atoms with Crippen molar-refractivity contribution in [2.45, 2.75) is 19.3 Å². The molecular weight excluding hydrogens is 240 g/mol. The molecule has 2 rings (SSSR count). The van der Waals surface area contributed by atoms with Gasteiger partial charge in [-0.1, -0.05) is 26.0 Å². The number of furan rings is 1. The first-order valence-electron chi connectivity index (χ1n) is 6.17. The molecule has 0 saturated heterocycles. The summed E-state index contributed by atoms with van der Waals surface area (Å²) in [6.07, 6.45) is 2.89. The molecule has 0 radical (unpaired) electrons. The largest absolute Gasteiger partial charge is 0.472 e. The molecule has 0 atom stereocenters. The lowest BCUT2D eigenvalue weighted by Crippen LogP contribution is -2.27. The molecule has 0 aliphatic carbocycles. The van der Waals surface area contributed by atoms with Crippen LogP contribution in [-0.2, 0) is 5.41 Å². The summed E-state index contributed by atoms with van der Waals surface area (Å²) in [4.78, 5) is 11.8. The van der Waals surface area contributed by atoms with Gasteiger partial charge < -0.3 is 15.5 Å². The van der Waals surface area contributed by atoms with Crippen molar-refractivity contribution < 1.29 is 9.21 Å². The lowest BCUT2D eigenvalue weighted by Gasteiger charge is -2.23. The smallest absolute Gasteiger partial charge is 0.258 e. The third kappa shape index (κ3) is 3.03. The molecule has 4 nitrogen and oxygen atoms in total. The topological polar surface area (TPSA) is 68.3 Å².